The van der Waals surface area contributed by atoms with Crippen LogP contribution in [0.4, 0.5) is 10.1 Å². The van der Waals surface area contributed by atoms with E-state index in [9.17, 15) is 4.39 Å². The summed E-state index contributed by atoms with van der Waals surface area (Å²) in [5.74, 6) is 0.635. The fourth-order valence-electron chi connectivity index (χ4n) is 2.42. The number of hydrogen-bond acceptors (Lipinski definition) is 3. The highest BCUT2D eigenvalue weighted by atomic mass is 19.1. The number of benzene rings is 1. The van der Waals surface area contributed by atoms with Crippen LogP contribution in [0.2, 0.25) is 0 Å². The lowest BCUT2D eigenvalue weighted by Gasteiger charge is -2.37. The van der Waals surface area contributed by atoms with Crippen molar-refractivity contribution in [1.29, 1.82) is 0 Å². The largest absolute Gasteiger partial charge is 0.491 e. The van der Waals surface area contributed by atoms with E-state index >= 15 is 0 Å². The summed E-state index contributed by atoms with van der Waals surface area (Å²) in [6.45, 7) is 9.54. The van der Waals surface area contributed by atoms with Crippen molar-refractivity contribution in [2.75, 3.05) is 31.1 Å². The van der Waals surface area contributed by atoms with Crippen LogP contribution < -0.4 is 15.0 Å². The summed E-state index contributed by atoms with van der Waals surface area (Å²) >= 11 is 0. The molecule has 0 saturated carbocycles. The molecule has 4 heteroatoms. The second kappa shape index (κ2) is 6.24. The van der Waals surface area contributed by atoms with Crippen LogP contribution in [0.1, 0.15) is 20.8 Å². The lowest BCUT2D eigenvalue weighted by molar-refractivity contribution is 0.321. The Bertz CT molecular complexity index is 423. The number of nitrogens with one attached hydrogen (secondary N) is 1. The number of anilines is 1. The lowest BCUT2D eigenvalue weighted by atomic mass is 10.0. The second-order valence-corrected chi connectivity index (χ2v) is 5.30. The molecule has 1 aliphatic rings. The Morgan fingerprint density at radius 1 is 1.47 bits per heavy atom. The first-order chi connectivity index (χ1) is 9.11. The molecule has 0 amide bonds. The van der Waals surface area contributed by atoms with Gasteiger partial charge in [0.1, 0.15) is 0 Å². The molecule has 1 fully saturated rings. The van der Waals surface area contributed by atoms with Crippen molar-refractivity contribution in [2.45, 2.75) is 26.8 Å². The molecule has 1 aromatic rings. The van der Waals surface area contributed by atoms with Gasteiger partial charge in [-0.25, -0.2) is 4.39 Å². The van der Waals surface area contributed by atoms with Crippen molar-refractivity contribution in [3.63, 3.8) is 0 Å². The maximum Gasteiger partial charge on any atom is 0.167 e. The zero-order chi connectivity index (χ0) is 13.8. The molecule has 1 aromatic carbocycles. The molecule has 0 spiro atoms. The molecule has 0 aromatic heterocycles. The van der Waals surface area contributed by atoms with E-state index in [2.05, 4.69) is 24.1 Å². The number of nitrogens with zero attached hydrogens (tertiary/aromatic N) is 1. The maximum atomic E-state index is 13.9. The topological polar surface area (TPSA) is 24.5 Å². The van der Waals surface area contributed by atoms with E-state index in [1.54, 1.807) is 12.1 Å². The molecule has 0 radical (unpaired) electrons. The number of ether oxygens (including phenoxy) is 1. The van der Waals surface area contributed by atoms with E-state index in [1.807, 2.05) is 13.0 Å². The quantitative estimate of drug-likeness (QED) is 0.906. The van der Waals surface area contributed by atoms with Crippen molar-refractivity contribution in [2.24, 2.45) is 5.92 Å². The molecule has 1 atom stereocenters. The molecule has 1 saturated heterocycles. The van der Waals surface area contributed by atoms with Gasteiger partial charge in [0.2, 0.25) is 0 Å². The molecule has 0 aliphatic carbocycles. The minimum Gasteiger partial charge on any atom is -0.491 e. The molecule has 0 bridgehead atoms. The van der Waals surface area contributed by atoms with Gasteiger partial charge in [0.15, 0.2) is 11.6 Å². The lowest BCUT2D eigenvalue weighted by Crippen LogP contribution is -2.53. The van der Waals surface area contributed by atoms with E-state index in [4.69, 9.17) is 4.74 Å². The van der Waals surface area contributed by atoms with E-state index in [0.29, 0.717) is 24.3 Å². The van der Waals surface area contributed by atoms with E-state index in [0.717, 1.165) is 25.3 Å². The van der Waals surface area contributed by atoms with Crippen LogP contribution in [-0.2, 0) is 0 Å². The fourth-order valence-corrected chi connectivity index (χ4v) is 2.42. The highest BCUT2D eigenvalue weighted by Crippen LogP contribution is 2.25. The summed E-state index contributed by atoms with van der Waals surface area (Å²) in [5.41, 5.74) is 0.938. The van der Waals surface area contributed by atoms with Gasteiger partial charge in [0.05, 0.1) is 6.61 Å². The zero-order valence-electron chi connectivity index (χ0n) is 11.9. The number of hydrogen-bond donors (Lipinski definition) is 1. The Morgan fingerprint density at radius 2 is 2.26 bits per heavy atom. The van der Waals surface area contributed by atoms with E-state index < -0.39 is 0 Å². The minimum atomic E-state index is -0.279. The first kappa shape index (κ1) is 14.1. The first-order valence-electron chi connectivity index (χ1n) is 7.02. The van der Waals surface area contributed by atoms with Gasteiger partial charge >= 0.3 is 0 Å². The van der Waals surface area contributed by atoms with Crippen LogP contribution in [0, 0.1) is 11.7 Å². The standard InChI is InChI=1S/C15H23FN2O/c1-4-19-15-6-5-12(9-13(15)16)18-8-7-17-14(10-18)11(2)3/h5-6,9,11,14,17H,4,7-8,10H2,1-3H3. The third kappa shape index (κ3) is 3.38. The third-order valence-corrected chi connectivity index (χ3v) is 3.59. The number of halogens is 1. The fraction of sp³-hybridized carbons (Fsp3) is 0.600. The Morgan fingerprint density at radius 3 is 2.89 bits per heavy atom. The molecular weight excluding hydrogens is 243 g/mol. The maximum absolute atomic E-state index is 13.9. The molecule has 106 valence electrons. The van der Waals surface area contributed by atoms with Gasteiger partial charge in [-0.05, 0) is 25.0 Å². The van der Waals surface area contributed by atoms with E-state index in [-0.39, 0.29) is 5.82 Å². The zero-order valence-corrected chi connectivity index (χ0v) is 11.9. The van der Waals surface area contributed by atoms with Crippen molar-refractivity contribution in [3.8, 4) is 5.75 Å². The number of piperazine rings is 1. The molecule has 2 rings (SSSR count). The molecule has 3 nitrogen and oxygen atoms in total. The summed E-state index contributed by atoms with van der Waals surface area (Å²) < 4.78 is 19.1. The Hall–Kier alpha value is -1.29. The monoisotopic (exact) mass is 266 g/mol. The smallest absolute Gasteiger partial charge is 0.167 e. The summed E-state index contributed by atoms with van der Waals surface area (Å²) in [6.07, 6.45) is 0. The van der Waals surface area contributed by atoms with Crippen LogP contribution in [0.15, 0.2) is 18.2 Å². The van der Waals surface area contributed by atoms with E-state index in [1.165, 1.54) is 0 Å². The first-order valence-corrected chi connectivity index (χ1v) is 7.02. The Kier molecular flexibility index (Phi) is 4.64. The van der Waals surface area contributed by atoms with Gasteiger partial charge in [-0.1, -0.05) is 13.8 Å². The van der Waals surface area contributed by atoms with Crippen LogP contribution in [-0.4, -0.2) is 32.3 Å². The molecule has 19 heavy (non-hydrogen) atoms. The second-order valence-electron chi connectivity index (χ2n) is 5.30. The molecule has 1 N–H and O–H groups in total. The average molecular weight is 266 g/mol. The van der Waals surface area contributed by atoms with Gasteiger partial charge < -0.3 is 15.0 Å². The minimum absolute atomic E-state index is 0.279. The Balaban J connectivity index is 2.11. The predicted molar refractivity (Wildman–Crippen MR) is 76.4 cm³/mol. The average Bonchev–Trinajstić information content (AvgIpc) is 2.41. The molecule has 1 unspecified atom stereocenters. The summed E-state index contributed by atoms with van der Waals surface area (Å²) in [7, 11) is 0. The Labute approximate surface area is 114 Å². The van der Waals surface area contributed by atoms with Crippen molar-refractivity contribution in [3.05, 3.63) is 24.0 Å². The predicted octanol–water partition coefficient (Wildman–Crippen LogP) is 2.66. The van der Waals surface area contributed by atoms with Crippen LogP contribution >= 0.6 is 0 Å². The van der Waals surface area contributed by atoms with Crippen molar-refractivity contribution >= 4 is 5.69 Å². The van der Waals surface area contributed by atoms with Gasteiger partial charge in [-0.3, -0.25) is 0 Å². The molecular formula is C15H23FN2O. The normalized spacial score (nSPS) is 19.8. The van der Waals surface area contributed by atoms with Crippen LogP contribution in [0.3, 0.4) is 0 Å². The van der Waals surface area contributed by atoms with Crippen LogP contribution in [0.5, 0.6) is 5.75 Å². The molecule has 1 aliphatic heterocycles. The van der Waals surface area contributed by atoms with Crippen LogP contribution in [0.25, 0.3) is 0 Å². The summed E-state index contributed by atoms with van der Waals surface area (Å²) in [5, 5.41) is 3.50. The van der Waals surface area contributed by atoms with Gasteiger partial charge in [-0.15, -0.1) is 0 Å². The SMILES string of the molecule is CCOc1ccc(N2CCNC(C(C)C)C2)cc1F. The summed E-state index contributed by atoms with van der Waals surface area (Å²) in [6, 6.07) is 5.70. The molecule has 1 heterocycles. The van der Waals surface area contributed by atoms with Crippen molar-refractivity contribution in [1.82, 2.24) is 5.32 Å². The number of rotatable bonds is 4. The highest BCUT2D eigenvalue weighted by Gasteiger charge is 2.22. The summed E-state index contributed by atoms with van der Waals surface area (Å²) in [4.78, 5) is 2.24. The van der Waals surface area contributed by atoms with Crippen molar-refractivity contribution < 1.29 is 9.13 Å². The third-order valence-electron chi connectivity index (χ3n) is 3.59. The van der Waals surface area contributed by atoms with Gasteiger partial charge in [0.25, 0.3) is 0 Å². The van der Waals surface area contributed by atoms with Gasteiger partial charge in [0, 0.05) is 37.4 Å². The highest BCUT2D eigenvalue weighted by molar-refractivity contribution is 5.50. The van der Waals surface area contributed by atoms with Gasteiger partial charge in [-0.2, -0.15) is 0 Å².